The molecule has 1 amide bonds. The molecular formula is C11H23NO2. The smallest absolute Gasteiger partial charge is 0.246 e. The molecule has 0 spiro atoms. The second-order valence-electron chi connectivity index (χ2n) is 5.60. The zero-order valence-corrected chi connectivity index (χ0v) is 10.2. The van der Waals surface area contributed by atoms with Gasteiger partial charge in [-0.15, -0.1) is 0 Å². The van der Waals surface area contributed by atoms with Gasteiger partial charge in [-0.1, -0.05) is 20.8 Å². The predicted octanol–water partition coefficient (Wildman–Crippen LogP) is 1.96. The van der Waals surface area contributed by atoms with Gasteiger partial charge in [0.15, 0.2) is 0 Å². The Bertz CT molecular complexity index is 192. The van der Waals surface area contributed by atoms with Gasteiger partial charge < -0.3 is 10.1 Å². The van der Waals surface area contributed by atoms with Crippen LogP contribution in [0.15, 0.2) is 0 Å². The summed E-state index contributed by atoms with van der Waals surface area (Å²) in [6.07, 6.45) is 0.940. The summed E-state index contributed by atoms with van der Waals surface area (Å²) in [6.45, 7) is 10.7. The number of nitrogens with one attached hydrogen (secondary N) is 1. The molecule has 0 aliphatic carbocycles. The molecular weight excluding hydrogens is 178 g/mol. The molecule has 0 aromatic carbocycles. The van der Waals surface area contributed by atoms with Gasteiger partial charge in [-0.2, -0.15) is 0 Å². The standard InChI is InChI=1S/C11H23NO2/c1-10(2,3)8-11(4,5)12-9(13)7-14-6/h7-8H2,1-6H3,(H,12,13). The fraction of sp³-hybridized carbons (Fsp3) is 0.909. The third-order valence-corrected chi connectivity index (χ3v) is 1.73. The number of methoxy groups -OCH3 is 1. The van der Waals surface area contributed by atoms with E-state index in [9.17, 15) is 4.79 Å². The van der Waals surface area contributed by atoms with Gasteiger partial charge in [-0.3, -0.25) is 4.79 Å². The van der Waals surface area contributed by atoms with Crippen LogP contribution in [-0.2, 0) is 9.53 Å². The van der Waals surface area contributed by atoms with Gasteiger partial charge in [-0.05, 0) is 25.7 Å². The van der Waals surface area contributed by atoms with Crippen molar-refractivity contribution in [2.75, 3.05) is 13.7 Å². The van der Waals surface area contributed by atoms with Crippen LogP contribution in [0.25, 0.3) is 0 Å². The fourth-order valence-electron chi connectivity index (χ4n) is 1.91. The maximum Gasteiger partial charge on any atom is 0.246 e. The topological polar surface area (TPSA) is 38.3 Å². The summed E-state index contributed by atoms with van der Waals surface area (Å²) < 4.78 is 4.77. The first-order chi connectivity index (χ1) is 6.16. The second-order valence-corrected chi connectivity index (χ2v) is 5.60. The van der Waals surface area contributed by atoms with Crippen molar-refractivity contribution in [3.8, 4) is 0 Å². The van der Waals surface area contributed by atoms with Crippen LogP contribution in [0.4, 0.5) is 0 Å². The Morgan fingerprint density at radius 2 is 1.71 bits per heavy atom. The lowest BCUT2D eigenvalue weighted by atomic mass is 9.82. The molecule has 0 aliphatic heterocycles. The molecule has 0 rings (SSSR count). The number of rotatable bonds is 4. The summed E-state index contributed by atoms with van der Waals surface area (Å²) in [5.41, 5.74) is 0.0394. The van der Waals surface area contributed by atoms with Gasteiger partial charge in [0.25, 0.3) is 0 Å². The summed E-state index contributed by atoms with van der Waals surface area (Å²) in [5.74, 6) is -0.0539. The molecule has 14 heavy (non-hydrogen) atoms. The van der Waals surface area contributed by atoms with E-state index in [1.807, 2.05) is 13.8 Å². The molecule has 3 nitrogen and oxygen atoms in total. The molecule has 1 N–H and O–H groups in total. The number of hydrogen-bond acceptors (Lipinski definition) is 2. The van der Waals surface area contributed by atoms with Crippen LogP contribution in [0.3, 0.4) is 0 Å². The highest BCUT2D eigenvalue weighted by molar-refractivity contribution is 5.77. The normalized spacial score (nSPS) is 12.7. The number of carbonyl (C=O) groups is 1. The van der Waals surface area contributed by atoms with E-state index in [1.54, 1.807) is 0 Å². The van der Waals surface area contributed by atoms with Gasteiger partial charge in [0, 0.05) is 12.6 Å². The summed E-state index contributed by atoms with van der Waals surface area (Å²) in [6, 6.07) is 0. The monoisotopic (exact) mass is 201 g/mol. The highest BCUT2D eigenvalue weighted by Crippen LogP contribution is 2.26. The van der Waals surface area contributed by atoms with Crippen molar-refractivity contribution in [1.82, 2.24) is 5.32 Å². The first kappa shape index (κ1) is 13.4. The number of hydrogen-bond donors (Lipinski definition) is 1. The lowest BCUT2D eigenvalue weighted by molar-refractivity contribution is -0.126. The van der Waals surface area contributed by atoms with E-state index in [0.717, 1.165) is 6.42 Å². The van der Waals surface area contributed by atoms with Crippen molar-refractivity contribution in [2.45, 2.75) is 46.6 Å². The van der Waals surface area contributed by atoms with Crippen LogP contribution in [0.5, 0.6) is 0 Å². The van der Waals surface area contributed by atoms with Crippen LogP contribution in [0, 0.1) is 5.41 Å². The maximum absolute atomic E-state index is 11.3. The fourth-order valence-corrected chi connectivity index (χ4v) is 1.91. The first-order valence-corrected chi connectivity index (χ1v) is 4.96. The third kappa shape index (κ3) is 6.89. The quantitative estimate of drug-likeness (QED) is 0.755. The number of ether oxygens (including phenoxy) is 1. The minimum atomic E-state index is -0.173. The van der Waals surface area contributed by atoms with Crippen LogP contribution >= 0.6 is 0 Å². The number of carbonyl (C=O) groups excluding carboxylic acids is 1. The Morgan fingerprint density at radius 1 is 1.21 bits per heavy atom. The average molecular weight is 201 g/mol. The van der Waals surface area contributed by atoms with E-state index in [4.69, 9.17) is 4.74 Å². The molecule has 0 aromatic rings. The highest BCUT2D eigenvalue weighted by Gasteiger charge is 2.26. The molecule has 0 heterocycles. The van der Waals surface area contributed by atoms with Crippen molar-refractivity contribution < 1.29 is 9.53 Å². The third-order valence-electron chi connectivity index (χ3n) is 1.73. The molecule has 0 unspecified atom stereocenters. The van der Waals surface area contributed by atoms with E-state index in [2.05, 4.69) is 26.1 Å². The van der Waals surface area contributed by atoms with Crippen molar-refractivity contribution in [2.24, 2.45) is 5.41 Å². The SMILES string of the molecule is COCC(=O)NC(C)(C)CC(C)(C)C. The first-order valence-electron chi connectivity index (χ1n) is 4.96. The van der Waals surface area contributed by atoms with E-state index >= 15 is 0 Å². The largest absolute Gasteiger partial charge is 0.375 e. The van der Waals surface area contributed by atoms with E-state index in [1.165, 1.54) is 7.11 Å². The Kier molecular flexibility index (Phi) is 4.59. The molecule has 0 saturated heterocycles. The van der Waals surface area contributed by atoms with Gasteiger partial charge in [0.2, 0.25) is 5.91 Å². The Balaban J connectivity index is 4.13. The lowest BCUT2D eigenvalue weighted by Crippen LogP contribution is -2.47. The van der Waals surface area contributed by atoms with Crippen molar-refractivity contribution in [3.05, 3.63) is 0 Å². The van der Waals surface area contributed by atoms with Gasteiger partial charge >= 0.3 is 0 Å². The average Bonchev–Trinajstić information content (AvgIpc) is 1.78. The summed E-state index contributed by atoms with van der Waals surface area (Å²) in [5, 5.41) is 2.95. The molecule has 0 saturated carbocycles. The van der Waals surface area contributed by atoms with Gasteiger partial charge in [-0.25, -0.2) is 0 Å². The molecule has 84 valence electrons. The van der Waals surface area contributed by atoms with Crippen LogP contribution in [0.1, 0.15) is 41.0 Å². The van der Waals surface area contributed by atoms with Crippen LogP contribution in [0.2, 0.25) is 0 Å². The molecule has 0 aromatic heterocycles. The zero-order valence-electron chi connectivity index (χ0n) is 10.2. The number of amides is 1. The van der Waals surface area contributed by atoms with Crippen LogP contribution < -0.4 is 5.32 Å². The maximum atomic E-state index is 11.3. The lowest BCUT2D eigenvalue weighted by Gasteiger charge is -2.33. The Labute approximate surface area is 87.2 Å². The van der Waals surface area contributed by atoms with E-state index in [0.29, 0.717) is 0 Å². The molecule has 0 bridgehead atoms. The summed E-state index contributed by atoms with van der Waals surface area (Å²) >= 11 is 0. The van der Waals surface area contributed by atoms with E-state index in [-0.39, 0.29) is 23.5 Å². The molecule has 0 aliphatic rings. The molecule has 0 radical (unpaired) electrons. The van der Waals surface area contributed by atoms with Crippen LogP contribution in [-0.4, -0.2) is 25.2 Å². The van der Waals surface area contributed by atoms with Gasteiger partial charge in [0.1, 0.15) is 6.61 Å². The molecule has 0 fully saturated rings. The Hall–Kier alpha value is -0.570. The van der Waals surface area contributed by atoms with Crippen molar-refractivity contribution >= 4 is 5.91 Å². The highest BCUT2D eigenvalue weighted by atomic mass is 16.5. The van der Waals surface area contributed by atoms with Crippen molar-refractivity contribution in [1.29, 1.82) is 0 Å². The summed E-state index contributed by atoms with van der Waals surface area (Å²) in [4.78, 5) is 11.3. The molecule has 3 heteroatoms. The van der Waals surface area contributed by atoms with Gasteiger partial charge in [0.05, 0.1) is 0 Å². The molecule has 0 atom stereocenters. The summed E-state index contributed by atoms with van der Waals surface area (Å²) in [7, 11) is 1.52. The minimum Gasteiger partial charge on any atom is -0.375 e. The Morgan fingerprint density at radius 3 is 2.07 bits per heavy atom. The minimum absolute atomic E-state index is 0.0539. The second kappa shape index (κ2) is 4.78. The van der Waals surface area contributed by atoms with Crippen molar-refractivity contribution in [3.63, 3.8) is 0 Å². The van der Waals surface area contributed by atoms with E-state index < -0.39 is 0 Å². The predicted molar refractivity (Wildman–Crippen MR) is 58.2 cm³/mol. The zero-order chi connectivity index (χ0) is 11.4.